The van der Waals surface area contributed by atoms with Crippen LogP contribution in [0.2, 0.25) is 0 Å². The quantitative estimate of drug-likeness (QED) is 0.828. The van der Waals surface area contributed by atoms with Crippen LogP contribution in [0.3, 0.4) is 0 Å². The third kappa shape index (κ3) is 5.05. The highest BCUT2D eigenvalue weighted by Crippen LogP contribution is 2.13. The summed E-state index contributed by atoms with van der Waals surface area (Å²) in [5, 5.41) is 2.85. The van der Waals surface area contributed by atoms with Gasteiger partial charge in [0.1, 0.15) is 11.8 Å². The molecule has 6 nitrogen and oxygen atoms in total. The lowest BCUT2D eigenvalue weighted by atomic mass is 10.0. The van der Waals surface area contributed by atoms with Gasteiger partial charge in [0.05, 0.1) is 7.11 Å². The summed E-state index contributed by atoms with van der Waals surface area (Å²) in [4.78, 5) is 31.0. The van der Waals surface area contributed by atoms with E-state index >= 15 is 0 Å². The van der Waals surface area contributed by atoms with E-state index in [2.05, 4.69) is 10.3 Å². The highest BCUT2D eigenvalue weighted by atomic mass is 16.5. The fraction of sp³-hybridized carbons (Fsp3) is 0.350. The van der Waals surface area contributed by atoms with Gasteiger partial charge in [-0.25, -0.2) is 0 Å². The molecular weight excluding hydrogens is 330 g/mol. The molecule has 1 N–H and O–H groups in total. The average Bonchev–Trinajstić information content (AvgIpc) is 2.66. The SMILES string of the molecule is COc1ccc(C(=O)NC(C(=O)N(C)Cc2cccnc2)C(C)C)cc1. The van der Waals surface area contributed by atoms with Crippen LogP contribution in [0.15, 0.2) is 48.8 Å². The number of aromatic nitrogens is 1. The number of hydrogen-bond donors (Lipinski definition) is 1. The van der Waals surface area contributed by atoms with Crippen LogP contribution in [-0.4, -0.2) is 41.9 Å². The molecule has 2 rings (SSSR count). The lowest BCUT2D eigenvalue weighted by Gasteiger charge is -2.27. The molecule has 1 aromatic heterocycles. The Balaban J connectivity index is 2.06. The third-order valence-electron chi connectivity index (χ3n) is 4.09. The van der Waals surface area contributed by atoms with Crippen molar-refractivity contribution in [1.29, 1.82) is 0 Å². The average molecular weight is 355 g/mol. The molecule has 0 spiro atoms. The molecule has 0 aliphatic carbocycles. The normalized spacial score (nSPS) is 11.7. The Kier molecular flexibility index (Phi) is 6.72. The van der Waals surface area contributed by atoms with Crippen molar-refractivity contribution in [2.24, 2.45) is 5.92 Å². The molecule has 138 valence electrons. The Morgan fingerprint density at radius 3 is 2.42 bits per heavy atom. The van der Waals surface area contributed by atoms with Crippen molar-refractivity contribution in [2.45, 2.75) is 26.4 Å². The molecule has 2 amide bonds. The summed E-state index contributed by atoms with van der Waals surface area (Å²) in [6.45, 7) is 4.26. The number of amides is 2. The summed E-state index contributed by atoms with van der Waals surface area (Å²) in [5.41, 5.74) is 1.42. The molecule has 6 heteroatoms. The van der Waals surface area contributed by atoms with Crippen molar-refractivity contribution in [3.8, 4) is 5.75 Å². The zero-order valence-corrected chi connectivity index (χ0v) is 15.6. The van der Waals surface area contributed by atoms with E-state index in [1.807, 2.05) is 26.0 Å². The smallest absolute Gasteiger partial charge is 0.251 e. The summed E-state index contributed by atoms with van der Waals surface area (Å²) in [6.07, 6.45) is 3.42. The molecule has 1 atom stereocenters. The van der Waals surface area contributed by atoms with Gasteiger partial charge in [-0.05, 0) is 41.8 Å². The number of hydrogen-bond acceptors (Lipinski definition) is 4. The predicted octanol–water partition coefficient (Wildman–Crippen LogP) is 2.50. The van der Waals surface area contributed by atoms with Gasteiger partial charge in [0.2, 0.25) is 5.91 Å². The number of carbonyl (C=O) groups excluding carboxylic acids is 2. The van der Waals surface area contributed by atoms with Gasteiger partial charge < -0.3 is 15.0 Å². The number of methoxy groups -OCH3 is 1. The fourth-order valence-electron chi connectivity index (χ4n) is 2.56. The van der Waals surface area contributed by atoms with E-state index in [1.54, 1.807) is 55.7 Å². The van der Waals surface area contributed by atoms with Crippen LogP contribution in [0.1, 0.15) is 29.8 Å². The molecule has 0 radical (unpaired) electrons. The van der Waals surface area contributed by atoms with Gasteiger partial charge >= 0.3 is 0 Å². The molecule has 0 fully saturated rings. The molecule has 1 aromatic carbocycles. The van der Waals surface area contributed by atoms with Gasteiger partial charge in [0.25, 0.3) is 5.91 Å². The van der Waals surface area contributed by atoms with Crippen LogP contribution in [0.5, 0.6) is 5.75 Å². The van der Waals surface area contributed by atoms with Crippen molar-refractivity contribution < 1.29 is 14.3 Å². The number of benzene rings is 1. The number of nitrogens with zero attached hydrogens (tertiary/aromatic N) is 2. The molecule has 2 aromatic rings. The van der Waals surface area contributed by atoms with E-state index in [1.165, 1.54) is 0 Å². The second-order valence-corrected chi connectivity index (χ2v) is 6.48. The van der Waals surface area contributed by atoms with E-state index in [9.17, 15) is 9.59 Å². The fourth-order valence-corrected chi connectivity index (χ4v) is 2.56. The highest BCUT2D eigenvalue weighted by Gasteiger charge is 2.27. The minimum atomic E-state index is -0.605. The second-order valence-electron chi connectivity index (χ2n) is 6.48. The first-order valence-corrected chi connectivity index (χ1v) is 8.51. The maximum absolute atomic E-state index is 12.8. The van der Waals surface area contributed by atoms with Crippen LogP contribution in [0.4, 0.5) is 0 Å². The number of ether oxygens (including phenoxy) is 1. The van der Waals surface area contributed by atoms with Crippen LogP contribution >= 0.6 is 0 Å². The van der Waals surface area contributed by atoms with E-state index in [-0.39, 0.29) is 17.7 Å². The predicted molar refractivity (Wildman–Crippen MR) is 99.8 cm³/mol. The number of likely N-dealkylation sites (N-methyl/N-ethyl adjacent to an activating group) is 1. The lowest BCUT2D eigenvalue weighted by Crippen LogP contribution is -2.50. The summed E-state index contributed by atoms with van der Waals surface area (Å²) in [5.74, 6) is 0.218. The number of pyridine rings is 1. The lowest BCUT2D eigenvalue weighted by molar-refractivity contribution is -0.133. The van der Waals surface area contributed by atoms with Crippen LogP contribution in [0, 0.1) is 5.92 Å². The van der Waals surface area contributed by atoms with E-state index in [4.69, 9.17) is 4.74 Å². The van der Waals surface area contributed by atoms with Crippen molar-refractivity contribution in [3.05, 3.63) is 59.9 Å². The van der Waals surface area contributed by atoms with Gasteiger partial charge in [-0.1, -0.05) is 19.9 Å². The van der Waals surface area contributed by atoms with E-state index in [0.29, 0.717) is 17.9 Å². The van der Waals surface area contributed by atoms with Crippen LogP contribution in [0.25, 0.3) is 0 Å². The molecular formula is C20H25N3O3. The number of carbonyl (C=O) groups is 2. The first kappa shape index (κ1) is 19.4. The summed E-state index contributed by atoms with van der Waals surface area (Å²) in [6, 6.07) is 9.93. The Morgan fingerprint density at radius 2 is 1.88 bits per heavy atom. The van der Waals surface area contributed by atoms with Gasteiger partial charge in [-0.3, -0.25) is 14.6 Å². The molecule has 1 heterocycles. The number of nitrogens with one attached hydrogen (secondary N) is 1. The minimum Gasteiger partial charge on any atom is -0.497 e. The maximum atomic E-state index is 12.8. The summed E-state index contributed by atoms with van der Waals surface area (Å²) >= 11 is 0. The van der Waals surface area contributed by atoms with Gasteiger partial charge in [0.15, 0.2) is 0 Å². The molecule has 1 unspecified atom stereocenters. The largest absolute Gasteiger partial charge is 0.497 e. The monoisotopic (exact) mass is 355 g/mol. The maximum Gasteiger partial charge on any atom is 0.251 e. The topological polar surface area (TPSA) is 71.5 Å². The molecule has 0 bridgehead atoms. The zero-order chi connectivity index (χ0) is 19.1. The van der Waals surface area contributed by atoms with Gasteiger partial charge in [0, 0.05) is 31.5 Å². The van der Waals surface area contributed by atoms with E-state index in [0.717, 1.165) is 5.56 Å². The summed E-state index contributed by atoms with van der Waals surface area (Å²) in [7, 11) is 3.30. The minimum absolute atomic E-state index is 0.0407. The molecule has 0 aliphatic rings. The van der Waals surface area contributed by atoms with Crippen LogP contribution in [-0.2, 0) is 11.3 Å². The molecule has 0 saturated carbocycles. The Hall–Kier alpha value is -2.89. The van der Waals surface area contributed by atoms with Crippen molar-refractivity contribution in [3.63, 3.8) is 0 Å². The first-order chi connectivity index (χ1) is 12.4. The zero-order valence-electron chi connectivity index (χ0n) is 15.6. The Labute approximate surface area is 154 Å². The standard InChI is InChI=1S/C20H25N3O3/c1-14(2)18(20(25)23(3)13-15-6-5-11-21-12-15)22-19(24)16-7-9-17(26-4)10-8-16/h5-12,14,18H,13H2,1-4H3,(H,22,24). The number of rotatable bonds is 7. The van der Waals surface area contributed by atoms with Crippen molar-refractivity contribution in [1.82, 2.24) is 15.2 Å². The third-order valence-corrected chi connectivity index (χ3v) is 4.09. The van der Waals surface area contributed by atoms with Gasteiger partial charge in [-0.2, -0.15) is 0 Å². The highest BCUT2D eigenvalue weighted by molar-refractivity contribution is 5.97. The summed E-state index contributed by atoms with van der Waals surface area (Å²) < 4.78 is 5.10. The Morgan fingerprint density at radius 1 is 1.19 bits per heavy atom. The Bertz CT molecular complexity index is 730. The van der Waals surface area contributed by atoms with Gasteiger partial charge in [-0.15, -0.1) is 0 Å². The molecule has 0 aliphatic heterocycles. The van der Waals surface area contributed by atoms with E-state index < -0.39 is 6.04 Å². The van der Waals surface area contributed by atoms with Crippen LogP contribution < -0.4 is 10.1 Å². The molecule has 0 saturated heterocycles. The van der Waals surface area contributed by atoms with Crippen molar-refractivity contribution in [2.75, 3.05) is 14.2 Å². The van der Waals surface area contributed by atoms with Crippen molar-refractivity contribution >= 4 is 11.8 Å². The first-order valence-electron chi connectivity index (χ1n) is 8.51. The second kappa shape index (κ2) is 8.99. The molecule has 26 heavy (non-hydrogen) atoms.